The molecule has 94 valence electrons. The minimum atomic E-state index is -1.39. The highest BCUT2D eigenvalue weighted by Gasteiger charge is 2.38. The Balaban J connectivity index is 2.38. The standard InChI is InChI=1S/C11H7F2NO4/c12-6-2-1-5-8(9(6)13)11(18)14(10(5)17)4-3-7(15)16/h1-2H,3-4H2,(H,15,16). The zero-order valence-corrected chi connectivity index (χ0v) is 8.94. The van der Waals surface area contributed by atoms with Gasteiger partial charge in [0.25, 0.3) is 11.8 Å². The van der Waals surface area contributed by atoms with Crippen molar-refractivity contribution in [1.82, 2.24) is 4.90 Å². The number of carbonyl (C=O) groups excluding carboxylic acids is 2. The van der Waals surface area contributed by atoms with Crippen LogP contribution in [-0.4, -0.2) is 34.3 Å². The summed E-state index contributed by atoms with van der Waals surface area (Å²) in [6.07, 6.45) is -0.449. The summed E-state index contributed by atoms with van der Waals surface area (Å²) in [6.45, 7) is -0.372. The molecule has 0 fully saturated rings. The molecule has 7 heteroatoms. The second-order valence-corrected chi connectivity index (χ2v) is 3.69. The largest absolute Gasteiger partial charge is 0.481 e. The lowest BCUT2D eigenvalue weighted by molar-refractivity contribution is -0.137. The number of carboxylic acids is 1. The lowest BCUT2D eigenvalue weighted by atomic mass is 10.1. The van der Waals surface area contributed by atoms with Gasteiger partial charge in [-0.05, 0) is 12.1 Å². The number of halogens is 2. The third-order valence-corrected chi connectivity index (χ3v) is 2.58. The van der Waals surface area contributed by atoms with Gasteiger partial charge in [0.15, 0.2) is 11.6 Å². The first-order chi connectivity index (χ1) is 8.43. The van der Waals surface area contributed by atoms with Crippen LogP contribution in [0.4, 0.5) is 8.78 Å². The van der Waals surface area contributed by atoms with Gasteiger partial charge < -0.3 is 5.11 Å². The van der Waals surface area contributed by atoms with E-state index >= 15 is 0 Å². The number of aliphatic carboxylic acids is 1. The van der Waals surface area contributed by atoms with Crippen LogP contribution >= 0.6 is 0 Å². The zero-order chi connectivity index (χ0) is 13.4. The summed E-state index contributed by atoms with van der Waals surface area (Å²) in [4.78, 5) is 34.4. The fourth-order valence-electron chi connectivity index (χ4n) is 1.72. The number of nitrogens with zero attached hydrogens (tertiary/aromatic N) is 1. The molecule has 0 saturated carbocycles. The maximum atomic E-state index is 13.4. The van der Waals surface area contributed by atoms with E-state index in [0.717, 1.165) is 12.1 Å². The van der Waals surface area contributed by atoms with Gasteiger partial charge in [0.05, 0.1) is 17.5 Å². The minimum absolute atomic E-state index is 0.246. The number of benzene rings is 1. The second kappa shape index (κ2) is 4.17. The first-order valence-corrected chi connectivity index (χ1v) is 4.99. The molecule has 0 bridgehead atoms. The van der Waals surface area contributed by atoms with Crippen LogP contribution in [0.25, 0.3) is 0 Å². The molecule has 1 N–H and O–H groups in total. The van der Waals surface area contributed by atoms with Crippen LogP contribution in [0.15, 0.2) is 12.1 Å². The van der Waals surface area contributed by atoms with Crippen molar-refractivity contribution in [2.45, 2.75) is 6.42 Å². The van der Waals surface area contributed by atoms with Gasteiger partial charge in [0.2, 0.25) is 0 Å². The summed E-state index contributed by atoms with van der Waals surface area (Å²) in [5, 5.41) is 8.48. The number of carboxylic acid groups (broad SMARTS) is 1. The molecule has 0 spiro atoms. The van der Waals surface area contributed by atoms with Gasteiger partial charge in [0, 0.05) is 6.54 Å². The van der Waals surface area contributed by atoms with Crippen molar-refractivity contribution in [2.24, 2.45) is 0 Å². The van der Waals surface area contributed by atoms with Crippen molar-refractivity contribution in [3.05, 3.63) is 34.9 Å². The third-order valence-electron chi connectivity index (χ3n) is 2.58. The normalized spacial score (nSPS) is 14.0. The average Bonchev–Trinajstić information content (AvgIpc) is 2.54. The Bertz CT molecular complexity index is 570. The van der Waals surface area contributed by atoms with Crippen molar-refractivity contribution in [3.8, 4) is 0 Å². The highest BCUT2D eigenvalue weighted by Crippen LogP contribution is 2.26. The van der Waals surface area contributed by atoms with Crippen LogP contribution in [0, 0.1) is 11.6 Å². The molecule has 0 unspecified atom stereocenters. The molecule has 2 rings (SSSR count). The minimum Gasteiger partial charge on any atom is -0.481 e. The Labute approximate surface area is 99.6 Å². The predicted octanol–water partition coefficient (Wildman–Crippen LogP) is 1.04. The van der Waals surface area contributed by atoms with Crippen molar-refractivity contribution in [2.75, 3.05) is 6.54 Å². The summed E-state index contributed by atoms with van der Waals surface area (Å²) >= 11 is 0. The number of hydrogen-bond acceptors (Lipinski definition) is 3. The van der Waals surface area contributed by atoms with E-state index in [4.69, 9.17) is 5.11 Å². The monoisotopic (exact) mass is 255 g/mol. The first kappa shape index (κ1) is 12.2. The topological polar surface area (TPSA) is 74.7 Å². The highest BCUT2D eigenvalue weighted by atomic mass is 19.2. The number of fused-ring (bicyclic) bond motifs is 1. The Hall–Kier alpha value is -2.31. The van der Waals surface area contributed by atoms with E-state index in [0.29, 0.717) is 4.90 Å². The molecule has 0 aliphatic carbocycles. The summed E-state index contributed by atoms with van der Waals surface area (Å²) in [5.74, 6) is -5.62. The van der Waals surface area contributed by atoms with Crippen LogP contribution in [0.1, 0.15) is 27.1 Å². The van der Waals surface area contributed by atoms with Gasteiger partial charge >= 0.3 is 5.97 Å². The molecule has 0 aromatic heterocycles. The van der Waals surface area contributed by atoms with Gasteiger partial charge in [-0.2, -0.15) is 0 Å². The van der Waals surface area contributed by atoms with Crippen molar-refractivity contribution >= 4 is 17.8 Å². The van der Waals surface area contributed by atoms with E-state index in [1.54, 1.807) is 0 Å². The van der Waals surface area contributed by atoms with Crippen molar-refractivity contribution < 1.29 is 28.3 Å². The maximum absolute atomic E-state index is 13.4. The molecule has 1 aromatic rings. The van der Waals surface area contributed by atoms with Crippen LogP contribution < -0.4 is 0 Å². The van der Waals surface area contributed by atoms with Gasteiger partial charge in [-0.25, -0.2) is 8.78 Å². The molecule has 1 aliphatic heterocycles. The van der Waals surface area contributed by atoms with Crippen molar-refractivity contribution in [1.29, 1.82) is 0 Å². The molecule has 0 atom stereocenters. The average molecular weight is 255 g/mol. The number of rotatable bonds is 3. The van der Waals surface area contributed by atoms with E-state index in [9.17, 15) is 23.2 Å². The Kier molecular flexibility index (Phi) is 2.82. The lowest BCUT2D eigenvalue weighted by Crippen LogP contribution is -2.32. The molecule has 18 heavy (non-hydrogen) atoms. The number of carbonyl (C=O) groups is 3. The van der Waals surface area contributed by atoms with Gasteiger partial charge in [0.1, 0.15) is 0 Å². The maximum Gasteiger partial charge on any atom is 0.305 e. The number of amides is 2. The van der Waals surface area contributed by atoms with E-state index in [1.807, 2.05) is 0 Å². The summed E-state index contributed by atoms with van der Waals surface area (Å²) in [7, 11) is 0. The van der Waals surface area contributed by atoms with E-state index < -0.39 is 41.4 Å². The first-order valence-electron chi connectivity index (χ1n) is 4.99. The Morgan fingerprint density at radius 3 is 2.50 bits per heavy atom. The highest BCUT2D eigenvalue weighted by molar-refractivity contribution is 6.21. The Morgan fingerprint density at radius 1 is 1.22 bits per heavy atom. The lowest BCUT2D eigenvalue weighted by Gasteiger charge is -2.11. The zero-order valence-electron chi connectivity index (χ0n) is 8.94. The van der Waals surface area contributed by atoms with E-state index in [-0.39, 0.29) is 12.1 Å². The summed E-state index contributed by atoms with van der Waals surface area (Å²) in [5.41, 5.74) is -0.880. The molecule has 0 saturated heterocycles. The fraction of sp³-hybridized carbons (Fsp3) is 0.182. The third kappa shape index (κ3) is 1.73. The van der Waals surface area contributed by atoms with Crippen LogP contribution in [0.3, 0.4) is 0 Å². The van der Waals surface area contributed by atoms with Gasteiger partial charge in [-0.3, -0.25) is 19.3 Å². The molecule has 0 radical (unpaired) electrons. The van der Waals surface area contributed by atoms with Crippen LogP contribution in [-0.2, 0) is 4.79 Å². The number of imide groups is 1. The summed E-state index contributed by atoms with van der Waals surface area (Å²) in [6, 6.07) is 1.76. The fourth-order valence-corrected chi connectivity index (χ4v) is 1.72. The molecule has 1 heterocycles. The molecular weight excluding hydrogens is 248 g/mol. The van der Waals surface area contributed by atoms with Gasteiger partial charge in [-0.1, -0.05) is 0 Å². The smallest absolute Gasteiger partial charge is 0.305 e. The predicted molar refractivity (Wildman–Crippen MR) is 54.0 cm³/mol. The summed E-state index contributed by atoms with van der Waals surface area (Å²) < 4.78 is 26.4. The molecular formula is C11H7F2NO4. The number of hydrogen-bond donors (Lipinski definition) is 1. The van der Waals surface area contributed by atoms with Crippen molar-refractivity contribution in [3.63, 3.8) is 0 Å². The SMILES string of the molecule is O=C(O)CCN1C(=O)c2ccc(F)c(F)c2C1=O. The molecule has 1 aromatic carbocycles. The van der Waals surface area contributed by atoms with E-state index in [1.165, 1.54) is 0 Å². The molecule has 2 amide bonds. The second-order valence-electron chi connectivity index (χ2n) is 3.69. The quantitative estimate of drug-likeness (QED) is 0.819. The molecule has 1 aliphatic rings. The van der Waals surface area contributed by atoms with Crippen LogP contribution in [0.2, 0.25) is 0 Å². The van der Waals surface area contributed by atoms with Crippen LogP contribution in [0.5, 0.6) is 0 Å². The van der Waals surface area contributed by atoms with Gasteiger partial charge in [-0.15, -0.1) is 0 Å². The van der Waals surface area contributed by atoms with E-state index in [2.05, 4.69) is 0 Å². The Morgan fingerprint density at radius 2 is 1.89 bits per heavy atom. The molecule has 5 nitrogen and oxygen atoms in total.